The largest absolute Gasteiger partial charge is 0.510 e. The zero-order chi connectivity index (χ0) is 20.1. The van der Waals surface area contributed by atoms with E-state index in [0.29, 0.717) is 22.8 Å². The number of ether oxygens (including phenoxy) is 1. The Morgan fingerprint density at radius 2 is 2.04 bits per heavy atom. The Morgan fingerprint density at radius 3 is 2.75 bits per heavy atom. The highest BCUT2D eigenvalue weighted by Gasteiger charge is 2.22. The van der Waals surface area contributed by atoms with Crippen LogP contribution in [0.5, 0.6) is 0 Å². The van der Waals surface area contributed by atoms with E-state index in [0.717, 1.165) is 23.7 Å². The number of hydrogen-bond donors (Lipinski definition) is 3. The Balaban J connectivity index is 1.90. The number of aryl methyl sites for hydroxylation is 1. The average molecular weight is 400 g/mol. The molecule has 2 heterocycles. The van der Waals surface area contributed by atoms with Crippen molar-refractivity contribution in [2.24, 2.45) is 0 Å². The molecule has 0 saturated heterocycles. The topological polar surface area (TPSA) is 121 Å². The number of para-hydroxylation sites is 2. The van der Waals surface area contributed by atoms with Crippen molar-refractivity contribution in [1.29, 1.82) is 0 Å². The number of aromatic amines is 2. The number of esters is 1. The van der Waals surface area contributed by atoms with Crippen LogP contribution in [0, 0.1) is 0 Å². The molecule has 3 aromatic rings. The van der Waals surface area contributed by atoms with Gasteiger partial charge in [0.15, 0.2) is 5.16 Å². The number of imidazole rings is 1. The minimum absolute atomic E-state index is 0.0139. The lowest BCUT2D eigenvalue weighted by molar-refractivity contribution is -0.133. The van der Waals surface area contributed by atoms with Crippen molar-refractivity contribution in [2.75, 3.05) is 12.9 Å². The summed E-state index contributed by atoms with van der Waals surface area (Å²) in [4.78, 5) is 38.4. The van der Waals surface area contributed by atoms with Gasteiger partial charge in [-0.3, -0.25) is 4.79 Å². The van der Waals surface area contributed by atoms with Gasteiger partial charge in [-0.05, 0) is 18.6 Å². The highest BCUT2D eigenvalue weighted by molar-refractivity contribution is 7.99. The van der Waals surface area contributed by atoms with E-state index in [1.165, 1.54) is 13.2 Å². The molecule has 2 aromatic heterocycles. The number of hydrogen-bond acceptors (Lipinski definition) is 7. The lowest BCUT2D eigenvalue weighted by atomic mass is 10.2. The van der Waals surface area contributed by atoms with Gasteiger partial charge in [-0.2, -0.15) is 0 Å². The zero-order valence-electron chi connectivity index (χ0n) is 15.5. The summed E-state index contributed by atoms with van der Waals surface area (Å²) in [6.45, 7) is 2.00. The Labute approximate surface area is 165 Å². The van der Waals surface area contributed by atoms with Crippen molar-refractivity contribution < 1.29 is 14.6 Å². The van der Waals surface area contributed by atoms with Gasteiger partial charge in [0.2, 0.25) is 0 Å². The molecule has 0 bridgehead atoms. The second-order valence-electron chi connectivity index (χ2n) is 6.00. The molecule has 0 aliphatic heterocycles. The molecule has 9 heteroatoms. The van der Waals surface area contributed by atoms with Gasteiger partial charge in [0.05, 0.1) is 23.9 Å². The molecule has 0 aliphatic carbocycles. The number of aliphatic hydroxyl groups excluding tert-OH is 1. The molecule has 8 nitrogen and oxygen atoms in total. The number of aliphatic hydroxyl groups is 1. The number of carbonyl (C=O) groups excluding carboxylic acids is 1. The van der Waals surface area contributed by atoms with Gasteiger partial charge in [0.1, 0.15) is 17.2 Å². The molecule has 0 fully saturated rings. The standard InChI is InChI=1S/C19H20N4O4S/c1-3-6-11-9-15(25)23-19(20-11)28-10-14(24)16(18(26)27-2)17-21-12-7-4-5-8-13(12)22-17/h4-5,7-9,24H,3,6,10H2,1-2H3,(H,21,22)(H,20,23,25)/b16-14+. The fraction of sp³-hybridized carbons (Fsp3) is 0.263. The number of carbonyl (C=O) groups is 1. The zero-order valence-corrected chi connectivity index (χ0v) is 16.3. The number of nitrogens with zero attached hydrogens (tertiary/aromatic N) is 2. The number of fused-ring (bicyclic) bond motifs is 1. The summed E-state index contributed by atoms with van der Waals surface area (Å²) >= 11 is 1.12. The fourth-order valence-electron chi connectivity index (χ4n) is 2.67. The Bertz CT molecular complexity index is 1050. The Kier molecular flexibility index (Phi) is 6.15. The van der Waals surface area contributed by atoms with Gasteiger partial charge in [-0.15, -0.1) is 0 Å². The van der Waals surface area contributed by atoms with Gasteiger partial charge in [0.25, 0.3) is 5.56 Å². The maximum atomic E-state index is 12.3. The van der Waals surface area contributed by atoms with Crippen LogP contribution in [-0.4, -0.2) is 43.9 Å². The predicted molar refractivity (Wildman–Crippen MR) is 107 cm³/mol. The number of aromatic nitrogens is 4. The maximum absolute atomic E-state index is 12.3. The molecule has 0 unspecified atom stereocenters. The van der Waals surface area contributed by atoms with Gasteiger partial charge < -0.3 is 19.8 Å². The van der Waals surface area contributed by atoms with Crippen LogP contribution in [0.2, 0.25) is 0 Å². The van der Waals surface area contributed by atoms with E-state index in [2.05, 4.69) is 19.9 Å². The molecule has 0 radical (unpaired) electrons. The van der Waals surface area contributed by atoms with Gasteiger partial charge in [-0.1, -0.05) is 37.2 Å². The van der Waals surface area contributed by atoms with E-state index in [1.807, 2.05) is 25.1 Å². The smallest absolute Gasteiger partial charge is 0.345 e. The molecular formula is C19H20N4O4S. The monoisotopic (exact) mass is 400 g/mol. The van der Waals surface area contributed by atoms with Crippen molar-refractivity contribution in [3.05, 3.63) is 58.0 Å². The highest BCUT2D eigenvalue weighted by atomic mass is 32.2. The van der Waals surface area contributed by atoms with E-state index in [1.54, 1.807) is 6.07 Å². The van der Waals surface area contributed by atoms with Gasteiger partial charge >= 0.3 is 5.97 Å². The first-order valence-corrected chi connectivity index (χ1v) is 9.69. The van der Waals surface area contributed by atoms with Crippen molar-refractivity contribution in [3.8, 4) is 0 Å². The molecule has 0 amide bonds. The van der Waals surface area contributed by atoms with E-state index < -0.39 is 5.97 Å². The molecule has 0 aliphatic rings. The lowest BCUT2D eigenvalue weighted by Gasteiger charge is -2.07. The van der Waals surface area contributed by atoms with Crippen LogP contribution >= 0.6 is 11.8 Å². The molecule has 0 spiro atoms. The predicted octanol–water partition coefficient (Wildman–Crippen LogP) is 2.83. The molecule has 3 rings (SSSR count). The molecule has 0 atom stereocenters. The molecular weight excluding hydrogens is 380 g/mol. The minimum Gasteiger partial charge on any atom is -0.510 e. The summed E-state index contributed by atoms with van der Waals surface area (Å²) in [7, 11) is 1.23. The van der Waals surface area contributed by atoms with Crippen LogP contribution < -0.4 is 5.56 Å². The molecule has 146 valence electrons. The summed E-state index contributed by atoms with van der Waals surface area (Å²) in [5, 5.41) is 10.9. The fourth-order valence-corrected chi connectivity index (χ4v) is 3.44. The Morgan fingerprint density at radius 1 is 1.25 bits per heavy atom. The van der Waals surface area contributed by atoms with Crippen molar-refractivity contribution in [2.45, 2.75) is 24.9 Å². The summed E-state index contributed by atoms with van der Waals surface area (Å²) in [6.07, 6.45) is 1.55. The van der Waals surface area contributed by atoms with Crippen LogP contribution in [0.3, 0.4) is 0 Å². The van der Waals surface area contributed by atoms with Gasteiger partial charge in [-0.25, -0.2) is 14.8 Å². The first-order chi connectivity index (χ1) is 13.5. The number of thioether (sulfide) groups is 1. The average Bonchev–Trinajstić information content (AvgIpc) is 3.09. The number of rotatable bonds is 7. The minimum atomic E-state index is -0.710. The number of benzene rings is 1. The molecule has 0 saturated carbocycles. The summed E-state index contributed by atoms with van der Waals surface area (Å²) in [5.41, 5.74) is 1.77. The van der Waals surface area contributed by atoms with E-state index in [4.69, 9.17) is 4.74 Å². The van der Waals surface area contributed by atoms with Crippen LogP contribution in [0.15, 0.2) is 46.0 Å². The quantitative estimate of drug-likeness (QED) is 0.183. The number of nitrogens with one attached hydrogen (secondary N) is 2. The number of H-pyrrole nitrogens is 2. The van der Waals surface area contributed by atoms with Crippen molar-refractivity contribution >= 4 is 34.3 Å². The summed E-state index contributed by atoms with van der Waals surface area (Å²) in [6, 6.07) is 8.74. The molecule has 28 heavy (non-hydrogen) atoms. The maximum Gasteiger partial charge on any atom is 0.345 e. The number of methoxy groups -OCH3 is 1. The van der Waals surface area contributed by atoms with Crippen LogP contribution in [0.25, 0.3) is 16.6 Å². The van der Waals surface area contributed by atoms with Gasteiger partial charge in [0, 0.05) is 11.8 Å². The SMILES string of the molecule is CCCc1cc(=O)[nH]c(SC/C(O)=C(\C(=O)OC)c2nc3ccccc3[nH]2)n1. The Hall–Kier alpha value is -3.07. The summed E-state index contributed by atoms with van der Waals surface area (Å²) < 4.78 is 4.81. The third kappa shape index (κ3) is 4.42. The van der Waals surface area contributed by atoms with E-state index in [-0.39, 0.29) is 28.5 Å². The lowest BCUT2D eigenvalue weighted by Crippen LogP contribution is -2.12. The molecule has 1 aromatic carbocycles. The van der Waals surface area contributed by atoms with Crippen LogP contribution in [0.4, 0.5) is 0 Å². The van der Waals surface area contributed by atoms with Crippen LogP contribution in [0.1, 0.15) is 24.9 Å². The first-order valence-electron chi connectivity index (χ1n) is 8.70. The normalized spacial score (nSPS) is 12.1. The summed E-state index contributed by atoms with van der Waals surface area (Å²) in [5.74, 6) is -0.704. The second-order valence-corrected chi connectivity index (χ2v) is 6.96. The third-order valence-electron chi connectivity index (χ3n) is 3.93. The molecule has 3 N–H and O–H groups in total. The van der Waals surface area contributed by atoms with Crippen LogP contribution in [-0.2, 0) is 16.0 Å². The van der Waals surface area contributed by atoms with Crippen molar-refractivity contribution in [3.63, 3.8) is 0 Å². The highest BCUT2D eigenvalue weighted by Crippen LogP contribution is 2.24. The van der Waals surface area contributed by atoms with E-state index in [9.17, 15) is 14.7 Å². The second kappa shape index (κ2) is 8.75. The van der Waals surface area contributed by atoms with E-state index >= 15 is 0 Å². The third-order valence-corrected chi connectivity index (χ3v) is 4.81. The van der Waals surface area contributed by atoms with Crippen molar-refractivity contribution in [1.82, 2.24) is 19.9 Å². The first kappa shape index (κ1) is 19.7.